The minimum absolute atomic E-state index is 0.0521. The summed E-state index contributed by atoms with van der Waals surface area (Å²) in [4.78, 5) is 12.4. The van der Waals surface area contributed by atoms with Crippen LogP contribution in [-0.4, -0.2) is 18.6 Å². The zero-order valence-corrected chi connectivity index (χ0v) is 11.6. The predicted octanol–water partition coefficient (Wildman–Crippen LogP) is 2.77. The van der Waals surface area contributed by atoms with Crippen LogP contribution in [0.4, 0.5) is 0 Å². The summed E-state index contributed by atoms with van der Waals surface area (Å²) in [6.07, 6.45) is 5.92. The van der Waals surface area contributed by atoms with E-state index in [0.717, 1.165) is 43.4 Å². The number of ketones is 1. The second-order valence-corrected chi connectivity index (χ2v) is 6.92. The fourth-order valence-corrected chi connectivity index (χ4v) is 3.91. The van der Waals surface area contributed by atoms with Gasteiger partial charge in [0.15, 0.2) is 11.5 Å². The van der Waals surface area contributed by atoms with Crippen LogP contribution in [0.1, 0.15) is 52.4 Å². The van der Waals surface area contributed by atoms with Crippen LogP contribution in [0, 0.1) is 11.3 Å². The molecule has 1 heterocycles. The lowest BCUT2D eigenvalue weighted by Crippen LogP contribution is -2.53. The van der Waals surface area contributed by atoms with Crippen molar-refractivity contribution in [3.05, 3.63) is 11.3 Å². The van der Waals surface area contributed by atoms with Crippen LogP contribution in [0.25, 0.3) is 0 Å². The van der Waals surface area contributed by atoms with Crippen molar-refractivity contribution in [1.29, 1.82) is 0 Å². The van der Waals surface area contributed by atoms with E-state index in [4.69, 9.17) is 4.74 Å². The lowest BCUT2D eigenvalue weighted by Gasteiger charge is -2.49. The zero-order valence-electron chi connectivity index (χ0n) is 11.6. The molecule has 1 N–H and O–H groups in total. The Bertz CT molecular complexity index is 424. The summed E-state index contributed by atoms with van der Waals surface area (Å²) in [5.41, 5.74) is 0.881. The van der Waals surface area contributed by atoms with Crippen molar-refractivity contribution in [1.82, 2.24) is 5.32 Å². The van der Waals surface area contributed by atoms with E-state index >= 15 is 0 Å². The number of carbonyl (C=O) groups excluding carboxylic acids is 1. The Morgan fingerprint density at radius 1 is 1.33 bits per heavy atom. The molecule has 1 saturated carbocycles. The molecule has 0 aromatic heterocycles. The van der Waals surface area contributed by atoms with Gasteiger partial charge < -0.3 is 4.74 Å². The number of hydrogen-bond donors (Lipinski definition) is 1. The van der Waals surface area contributed by atoms with Crippen LogP contribution in [0.3, 0.4) is 0 Å². The van der Waals surface area contributed by atoms with Crippen molar-refractivity contribution in [3.8, 4) is 0 Å². The first-order valence-corrected chi connectivity index (χ1v) is 7.09. The Hall–Kier alpha value is -0.830. The number of Topliss-reactive ketones (excluding diaryl/α,β-unsaturated/α-hetero) is 1. The Balaban J connectivity index is 2.01. The predicted molar refractivity (Wildman–Crippen MR) is 69.9 cm³/mol. The monoisotopic (exact) mass is 249 g/mol. The quantitative estimate of drug-likeness (QED) is 0.776. The Kier molecular flexibility index (Phi) is 2.60. The molecule has 0 aromatic carbocycles. The number of carbonyl (C=O) groups is 1. The fraction of sp³-hybridized carbons (Fsp3) is 0.800. The summed E-state index contributed by atoms with van der Waals surface area (Å²) in [5, 5.41) is 3.36. The third kappa shape index (κ3) is 1.80. The number of ether oxygens (including phenoxy) is 1. The molecule has 0 radical (unpaired) electrons. The highest BCUT2D eigenvalue weighted by molar-refractivity contribution is 5.97. The van der Waals surface area contributed by atoms with Gasteiger partial charge in [-0.25, -0.2) is 0 Å². The summed E-state index contributed by atoms with van der Waals surface area (Å²) < 4.78 is 6.25. The molecule has 0 amide bonds. The van der Waals surface area contributed by atoms with E-state index in [9.17, 15) is 4.79 Å². The molecule has 2 bridgehead atoms. The van der Waals surface area contributed by atoms with Crippen molar-refractivity contribution < 1.29 is 9.53 Å². The molecular formula is C15H23NO2. The topological polar surface area (TPSA) is 38.3 Å². The van der Waals surface area contributed by atoms with Gasteiger partial charge in [-0.1, -0.05) is 13.8 Å². The van der Waals surface area contributed by atoms with Gasteiger partial charge in [0.1, 0.15) is 5.76 Å². The summed E-state index contributed by atoms with van der Waals surface area (Å²) >= 11 is 0. The van der Waals surface area contributed by atoms with E-state index in [-0.39, 0.29) is 11.1 Å². The molecule has 18 heavy (non-hydrogen) atoms. The first kappa shape index (κ1) is 12.2. The molecule has 1 aliphatic heterocycles. The van der Waals surface area contributed by atoms with Crippen molar-refractivity contribution in [2.75, 3.05) is 7.05 Å². The average molecular weight is 249 g/mol. The summed E-state index contributed by atoms with van der Waals surface area (Å²) in [5.74, 6) is 1.75. The van der Waals surface area contributed by atoms with Crippen molar-refractivity contribution >= 4 is 5.78 Å². The van der Waals surface area contributed by atoms with Crippen LogP contribution in [0.5, 0.6) is 0 Å². The second kappa shape index (κ2) is 3.83. The third-order valence-electron chi connectivity index (χ3n) is 4.77. The van der Waals surface area contributed by atoms with Crippen molar-refractivity contribution in [2.24, 2.45) is 11.3 Å². The lowest BCUT2D eigenvalue weighted by atomic mass is 9.68. The molecule has 0 spiro atoms. The van der Waals surface area contributed by atoms with Gasteiger partial charge in [-0.3, -0.25) is 10.1 Å². The maximum atomic E-state index is 12.4. The first-order valence-electron chi connectivity index (χ1n) is 7.09. The number of allylic oxidation sites excluding steroid dienone is 2. The maximum Gasteiger partial charge on any atom is 0.163 e. The summed E-state index contributed by atoms with van der Waals surface area (Å²) in [6.45, 7) is 4.32. The molecule has 0 unspecified atom stereocenters. The largest absolute Gasteiger partial charge is 0.477 e. The van der Waals surface area contributed by atoms with Gasteiger partial charge in [0, 0.05) is 31.3 Å². The van der Waals surface area contributed by atoms with E-state index in [0.29, 0.717) is 18.1 Å². The summed E-state index contributed by atoms with van der Waals surface area (Å²) in [6, 6.07) is 0. The Labute approximate surface area is 109 Å². The van der Waals surface area contributed by atoms with E-state index in [1.165, 1.54) is 0 Å². The third-order valence-corrected chi connectivity index (χ3v) is 4.77. The van der Waals surface area contributed by atoms with E-state index in [2.05, 4.69) is 19.2 Å². The Morgan fingerprint density at radius 3 is 2.83 bits per heavy atom. The molecule has 100 valence electrons. The van der Waals surface area contributed by atoms with Gasteiger partial charge in [0.25, 0.3) is 0 Å². The molecule has 3 heteroatoms. The normalized spacial score (nSPS) is 38.2. The lowest BCUT2D eigenvalue weighted by molar-refractivity contribution is -0.127. The van der Waals surface area contributed by atoms with Crippen LogP contribution >= 0.6 is 0 Å². The fourth-order valence-electron chi connectivity index (χ4n) is 3.91. The number of hydrogen-bond acceptors (Lipinski definition) is 3. The molecule has 3 rings (SSSR count). The van der Waals surface area contributed by atoms with Crippen LogP contribution in [0.2, 0.25) is 0 Å². The molecule has 3 nitrogen and oxygen atoms in total. The highest BCUT2D eigenvalue weighted by atomic mass is 16.5. The Morgan fingerprint density at radius 2 is 2.11 bits per heavy atom. The highest BCUT2D eigenvalue weighted by Gasteiger charge is 2.48. The standard InChI is InChI=1S/C15H23NO2/c1-14(2)8-11(17)13-10-5-4-6-15(7-10,16-3)18-12(13)9-14/h10,16H,4-9H2,1-3H3/t10-,15-/m1/s1. The molecule has 3 aliphatic rings. The molecule has 0 saturated heterocycles. The van der Waals surface area contributed by atoms with Gasteiger partial charge in [0.05, 0.1) is 0 Å². The molecular weight excluding hydrogens is 226 g/mol. The molecule has 1 fully saturated rings. The minimum Gasteiger partial charge on any atom is -0.477 e. The number of nitrogens with one attached hydrogen (secondary N) is 1. The maximum absolute atomic E-state index is 12.4. The van der Waals surface area contributed by atoms with E-state index in [1.807, 2.05) is 7.05 Å². The van der Waals surface area contributed by atoms with Crippen LogP contribution < -0.4 is 5.32 Å². The highest BCUT2D eigenvalue weighted by Crippen LogP contribution is 2.50. The zero-order chi connectivity index (χ0) is 13.0. The second-order valence-electron chi connectivity index (χ2n) is 6.92. The van der Waals surface area contributed by atoms with E-state index < -0.39 is 0 Å². The van der Waals surface area contributed by atoms with Gasteiger partial charge in [-0.2, -0.15) is 0 Å². The van der Waals surface area contributed by atoms with Gasteiger partial charge in [-0.15, -0.1) is 0 Å². The number of rotatable bonds is 1. The summed E-state index contributed by atoms with van der Waals surface area (Å²) in [7, 11) is 1.98. The minimum atomic E-state index is -0.199. The van der Waals surface area contributed by atoms with Crippen LogP contribution in [-0.2, 0) is 9.53 Å². The molecule has 2 atom stereocenters. The van der Waals surface area contributed by atoms with Crippen molar-refractivity contribution in [2.45, 2.75) is 58.1 Å². The average Bonchev–Trinajstić information content (AvgIpc) is 2.26. The first-order chi connectivity index (χ1) is 8.45. The van der Waals surface area contributed by atoms with Gasteiger partial charge >= 0.3 is 0 Å². The van der Waals surface area contributed by atoms with E-state index in [1.54, 1.807) is 0 Å². The van der Waals surface area contributed by atoms with Crippen LogP contribution in [0.15, 0.2) is 11.3 Å². The smallest absolute Gasteiger partial charge is 0.163 e. The number of fused-ring (bicyclic) bond motifs is 3. The van der Waals surface area contributed by atoms with Crippen molar-refractivity contribution in [3.63, 3.8) is 0 Å². The SMILES string of the molecule is CN[C@@]12CCC[C@H](C1)C1=C(CC(C)(C)CC1=O)O2. The molecule has 0 aromatic rings. The van der Waals surface area contributed by atoms with Gasteiger partial charge in [0.2, 0.25) is 0 Å². The van der Waals surface area contributed by atoms with Gasteiger partial charge in [-0.05, 0) is 31.2 Å². The molecule has 2 aliphatic carbocycles.